The van der Waals surface area contributed by atoms with Gasteiger partial charge in [-0.1, -0.05) is 95.2 Å². The molecule has 1 aliphatic rings. The van der Waals surface area contributed by atoms with E-state index in [4.69, 9.17) is 0 Å². The van der Waals surface area contributed by atoms with Crippen LogP contribution in [0.5, 0.6) is 0 Å². The van der Waals surface area contributed by atoms with Gasteiger partial charge in [0.1, 0.15) is 0 Å². The van der Waals surface area contributed by atoms with E-state index in [1.54, 1.807) is 0 Å². The summed E-state index contributed by atoms with van der Waals surface area (Å²) < 4.78 is 2.17. The van der Waals surface area contributed by atoms with Crippen LogP contribution in [0.2, 0.25) is 0 Å². The zero-order chi connectivity index (χ0) is 24.6. The number of hydrogen-bond donors (Lipinski definition) is 0. The van der Waals surface area contributed by atoms with Gasteiger partial charge in [-0.25, -0.2) is 5.57 Å². The molecule has 0 aromatic heterocycles. The molecule has 0 radical (unpaired) electrons. The minimum Gasteiger partial charge on any atom is -0.126 e. The molecule has 0 bridgehead atoms. The average Bonchev–Trinajstić information content (AvgIpc) is 3.47. The van der Waals surface area contributed by atoms with Gasteiger partial charge in [-0.2, -0.15) is 11.6 Å². The molecule has 0 amide bonds. The fraction of sp³-hybridized carbons (Fsp3) is 0.273. The van der Waals surface area contributed by atoms with Crippen LogP contribution in [0.4, 0.5) is 0 Å². The molecule has 36 heavy (non-hydrogen) atoms. The first-order valence-corrected chi connectivity index (χ1v) is 13.7. The number of hydrogen-bond acceptors (Lipinski definition) is 0. The summed E-state index contributed by atoms with van der Waals surface area (Å²) in [6.07, 6.45) is 8.28. The summed E-state index contributed by atoms with van der Waals surface area (Å²) in [4.78, 5) is 0. The third-order valence-electron chi connectivity index (χ3n) is 6.14. The molecule has 5 rings (SSSR count). The van der Waals surface area contributed by atoms with Crippen molar-refractivity contribution in [3.63, 3.8) is 0 Å². The standard InChI is InChI=1S/C13H9.C13H21.C7H6.2ClH.Zr/c1-3-7-12-10(5-1)9-11-6-2-4-8-13(11)12;1-6-10-8-11(7-2)12(9-10)13(3,4)5;1-7-5-3-2-4-6-7;;;/h1-9H;9-10H,6-7H2,1-5H3;1-6H;2*1H;/q2*-1;;;;+2/p-2. The molecule has 3 heteroatoms. The molecule has 4 aromatic carbocycles. The molecule has 0 nitrogen and oxygen atoms in total. The Morgan fingerprint density at radius 1 is 0.806 bits per heavy atom. The first-order valence-electron chi connectivity index (χ1n) is 12.3. The molecule has 188 valence electrons. The molecule has 0 saturated carbocycles. The van der Waals surface area contributed by atoms with Crippen LogP contribution in [0.15, 0.2) is 102 Å². The Morgan fingerprint density at radius 3 is 1.69 bits per heavy atom. The third-order valence-corrected chi connectivity index (χ3v) is 6.96. The summed E-state index contributed by atoms with van der Waals surface area (Å²) in [5.41, 5.74) is 4.58. The average molecular weight is 595 g/mol. The van der Waals surface area contributed by atoms with Gasteiger partial charge < -0.3 is 24.8 Å². The van der Waals surface area contributed by atoms with Crippen molar-refractivity contribution >= 4 is 25.3 Å². The second-order valence-corrected chi connectivity index (χ2v) is 10.4. The predicted molar refractivity (Wildman–Crippen MR) is 147 cm³/mol. The van der Waals surface area contributed by atoms with Crippen LogP contribution < -0.4 is 24.8 Å². The summed E-state index contributed by atoms with van der Waals surface area (Å²) in [5, 5.41) is 5.39. The van der Waals surface area contributed by atoms with Crippen LogP contribution in [-0.2, 0) is 24.2 Å². The summed E-state index contributed by atoms with van der Waals surface area (Å²) >= 11 is 1.46. The second-order valence-electron chi connectivity index (χ2n) is 9.70. The van der Waals surface area contributed by atoms with Gasteiger partial charge in [-0.3, -0.25) is 6.08 Å². The van der Waals surface area contributed by atoms with Crippen molar-refractivity contribution < 1.29 is 49.0 Å². The molecule has 1 aliphatic carbocycles. The minimum atomic E-state index is 0. The molecule has 0 spiro atoms. The van der Waals surface area contributed by atoms with Crippen LogP contribution in [0.25, 0.3) is 21.5 Å². The molecular formula is C33H36Cl2Zr-2. The van der Waals surface area contributed by atoms with Crippen molar-refractivity contribution in [1.29, 1.82) is 0 Å². The number of halogens is 2. The Hall–Kier alpha value is -1.66. The number of rotatable bonds is 3. The zero-order valence-corrected chi connectivity index (χ0v) is 26.0. The van der Waals surface area contributed by atoms with Crippen LogP contribution in [0, 0.1) is 17.4 Å². The Kier molecular flexibility index (Phi) is 14.0. The fourth-order valence-corrected chi connectivity index (χ4v) is 4.79. The Morgan fingerprint density at radius 2 is 1.31 bits per heavy atom. The van der Waals surface area contributed by atoms with Crippen LogP contribution >= 0.6 is 0 Å². The van der Waals surface area contributed by atoms with Crippen molar-refractivity contribution in [2.45, 2.75) is 47.5 Å². The first kappa shape index (κ1) is 32.4. The Balaban J connectivity index is 0.000000271. The van der Waals surface area contributed by atoms with Gasteiger partial charge in [0.25, 0.3) is 0 Å². The maximum absolute atomic E-state index is 3.57. The third kappa shape index (κ3) is 8.73. The maximum atomic E-state index is 3.57. The van der Waals surface area contributed by atoms with E-state index in [-0.39, 0.29) is 24.8 Å². The van der Waals surface area contributed by atoms with Gasteiger partial charge in [0.2, 0.25) is 0 Å². The molecule has 0 saturated heterocycles. The van der Waals surface area contributed by atoms with Gasteiger partial charge >= 0.3 is 63.8 Å². The number of benzene rings is 3. The quantitative estimate of drug-likeness (QED) is 0.320. The van der Waals surface area contributed by atoms with Crippen LogP contribution in [-0.4, -0.2) is 3.71 Å². The number of fused-ring (bicyclic) bond motifs is 3. The van der Waals surface area contributed by atoms with Crippen LogP contribution in [0.3, 0.4) is 0 Å². The SMILES string of the molecule is CCC1=[C-]C(CC)C=C1C(C)(C)C.[Cl-].[Cl-].[Zr+2]=[CH]c1ccccc1.c1ccc2c(c1)[cH-]c1ccccc12. The molecule has 4 aromatic rings. The topological polar surface area (TPSA) is 0 Å². The Labute approximate surface area is 245 Å². The van der Waals surface area contributed by atoms with Crippen molar-refractivity contribution in [2.75, 3.05) is 0 Å². The molecule has 0 N–H and O–H groups in total. The summed E-state index contributed by atoms with van der Waals surface area (Å²) in [7, 11) is 0. The van der Waals surface area contributed by atoms with E-state index < -0.39 is 0 Å². The maximum Gasteiger partial charge on any atom is -0.0771 e. The Bertz CT molecular complexity index is 1220. The smallest absolute Gasteiger partial charge is 0.0771 e. The van der Waals surface area contributed by atoms with Gasteiger partial charge in [-0.05, 0) is 0 Å². The predicted octanol–water partition coefficient (Wildman–Crippen LogP) is 3.24. The molecule has 0 aliphatic heterocycles. The van der Waals surface area contributed by atoms with Gasteiger partial charge in [0, 0.05) is 0 Å². The van der Waals surface area contributed by atoms with Gasteiger partial charge in [-0.15, -0.1) is 39.7 Å². The minimum absolute atomic E-state index is 0. The fourth-order valence-electron chi connectivity index (χ4n) is 4.31. The molecular weight excluding hydrogens is 558 g/mol. The van der Waals surface area contributed by atoms with Crippen molar-refractivity contribution in [1.82, 2.24) is 0 Å². The van der Waals surface area contributed by atoms with Crippen molar-refractivity contribution in [3.05, 3.63) is 114 Å². The normalized spacial score (nSPS) is 14.2. The van der Waals surface area contributed by atoms with E-state index >= 15 is 0 Å². The van der Waals surface area contributed by atoms with Gasteiger partial charge in [0.05, 0.1) is 0 Å². The van der Waals surface area contributed by atoms with E-state index in [0.717, 1.165) is 6.42 Å². The van der Waals surface area contributed by atoms with Gasteiger partial charge in [0.15, 0.2) is 0 Å². The molecule has 1 atom stereocenters. The summed E-state index contributed by atoms with van der Waals surface area (Å²) in [5.74, 6) is 0.573. The first-order chi connectivity index (χ1) is 16.4. The van der Waals surface area contributed by atoms with Crippen molar-refractivity contribution in [3.8, 4) is 0 Å². The van der Waals surface area contributed by atoms with E-state index in [9.17, 15) is 0 Å². The van der Waals surface area contributed by atoms with E-state index in [2.05, 4.69) is 129 Å². The number of allylic oxidation sites excluding steroid dienone is 4. The monoisotopic (exact) mass is 592 g/mol. The van der Waals surface area contributed by atoms with E-state index in [1.807, 2.05) is 6.07 Å². The molecule has 1 unspecified atom stereocenters. The summed E-state index contributed by atoms with van der Waals surface area (Å²) in [6, 6.07) is 29.6. The van der Waals surface area contributed by atoms with Crippen molar-refractivity contribution in [2.24, 2.45) is 11.3 Å². The van der Waals surface area contributed by atoms with Crippen LogP contribution in [0.1, 0.15) is 53.0 Å². The second kappa shape index (κ2) is 15.6. The molecule has 0 heterocycles. The molecule has 0 fully saturated rings. The van der Waals surface area contributed by atoms with E-state index in [0.29, 0.717) is 11.3 Å². The van der Waals surface area contributed by atoms with E-state index in [1.165, 1.54) is 68.9 Å². The largest absolute Gasteiger partial charge is 0.126 e. The summed E-state index contributed by atoms with van der Waals surface area (Å²) in [6.45, 7) is 11.3. The zero-order valence-electron chi connectivity index (χ0n) is 22.0.